The highest BCUT2D eigenvalue weighted by Gasteiger charge is 2.57. The summed E-state index contributed by atoms with van der Waals surface area (Å²) < 4.78 is 45.0. The number of carbonyl (C=O) groups excluding carboxylic acids is 4. The number of aliphatic hydroxyl groups excluding tert-OH is 1. The predicted octanol–water partition coefficient (Wildman–Crippen LogP) is 5.06. The van der Waals surface area contributed by atoms with Crippen LogP contribution in [-0.4, -0.2) is 120 Å². The molecule has 2 N–H and O–H groups in total. The maximum atomic E-state index is 14.4. The first-order valence-electron chi connectivity index (χ1n) is 19.5. The summed E-state index contributed by atoms with van der Waals surface area (Å²) in [6, 6.07) is 8.41. The Morgan fingerprint density at radius 1 is 1.05 bits per heavy atom. The Kier molecular flexibility index (Phi) is 13.7. The lowest BCUT2D eigenvalue weighted by molar-refractivity contribution is -0.296. The smallest absolute Gasteiger partial charge is 0.408 e. The monoisotopic (exact) mass is 783 g/mol. The number of aromatic nitrogens is 1. The van der Waals surface area contributed by atoms with Gasteiger partial charge in [-0.1, -0.05) is 51.1 Å². The number of pyridine rings is 1. The van der Waals surface area contributed by atoms with E-state index >= 15 is 0 Å². The van der Waals surface area contributed by atoms with Crippen molar-refractivity contribution in [3.8, 4) is 0 Å². The molecule has 4 heterocycles. The third kappa shape index (κ3) is 9.15. The number of ketones is 2. The van der Waals surface area contributed by atoms with E-state index in [-0.39, 0.29) is 37.4 Å². The Morgan fingerprint density at radius 2 is 1.79 bits per heavy atom. The molecule has 0 radical (unpaired) electrons. The minimum absolute atomic E-state index is 0.0336. The van der Waals surface area contributed by atoms with Crippen LogP contribution in [0.25, 0.3) is 17.0 Å². The van der Waals surface area contributed by atoms with Crippen LogP contribution in [0.5, 0.6) is 0 Å². The van der Waals surface area contributed by atoms with Crippen molar-refractivity contribution in [1.29, 1.82) is 0 Å². The molecule has 0 aliphatic carbocycles. The van der Waals surface area contributed by atoms with Gasteiger partial charge in [-0.25, -0.2) is 4.79 Å². The predicted molar refractivity (Wildman–Crippen MR) is 206 cm³/mol. The molecule has 3 saturated heterocycles. The summed E-state index contributed by atoms with van der Waals surface area (Å²) in [5.74, 6) is -5.84. The van der Waals surface area contributed by atoms with Crippen LogP contribution in [-0.2, 0) is 38.1 Å². The molecule has 0 spiro atoms. The first-order valence-corrected chi connectivity index (χ1v) is 19.5. The number of cyclic esters (lactones) is 1. The number of Topliss-reactive ketones (excluding diaryl/α,β-unsaturated/α-hetero) is 2. The highest BCUT2D eigenvalue weighted by molar-refractivity contribution is 6.00. The molecule has 0 bridgehead atoms. The lowest BCUT2D eigenvalue weighted by Crippen LogP contribution is -2.60. The van der Waals surface area contributed by atoms with Crippen LogP contribution < -0.4 is 5.32 Å². The number of benzene rings is 1. The van der Waals surface area contributed by atoms with E-state index in [0.29, 0.717) is 6.42 Å². The van der Waals surface area contributed by atoms with E-state index in [1.54, 1.807) is 33.9 Å². The van der Waals surface area contributed by atoms with Crippen molar-refractivity contribution >= 4 is 40.6 Å². The fourth-order valence-corrected chi connectivity index (χ4v) is 8.69. The number of halogens is 1. The summed E-state index contributed by atoms with van der Waals surface area (Å²) in [6.45, 7) is 10.6. The molecule has 3 aliphatic rings. The standard InChI is InChI=1S/C42H58FN3O10/c1-23-22-41(6,52-19-11-12-28-14-15-29-13-10-18-44-30(29)21-28)37(55-39-35(49)31(46(8)9)20-24(2)53-39)26(4)34(48)27(5)38(50)54-32(16-17-43)42(7)36(25(3)33(23)47)45-40(51)56-42/h10-15,18,21,23-27,31-32,35-37,39,49H,16-17,19-20,22H2,1-9H3,(H,45,51)/b12-11+/t23-,24?,25+,26+,27-,31?,32-,35?,36-,37-,39?,41-,42-/m1/s1. The summed E-state index contributed by atoms with van der Waals surface area (Å²) in [7, 11) is 3.70. The van der Waals surface area contributed by atoms with Gasteiger partial charge in [0.25, 0.3) is 0 Å². The molecule has 0 saturated carbocycles. The van der Waals surface area contributed by atoms with Crippen molar-refractivity contribution < 1.29 is 52.4 Å². The van der Waals surface area contributed by atoms with Crippen molar-refractivity contribution in [2.45, 2.75) is 122 Å². The number of hydrogen-bond donors (Lipinski definition) is 2. The van der Waals surface area contributed by atoms with E-state index in [1.165, 1.54) is 13.8 Å². The molecule has 1 aromatic heterocycles. The zero-order valence-electron chi connectivity index (χ0n) is 33.9. The van der Waals surface area contributed by atoms with E-state index in [2.05, 4.69) is 10.3 Å². The molecule has 3 aliphatic heterocycles. The minimum atomic E-state index is -1.62. The molecular formula is C42H58FN3O10. The summed E-state index contributed by atoms with van der Waals surface area (Å²) in [6.07, 6.45) is -0.257. The number of likely N-dealkylation sites (N-methyl/N-ethyl adjacent to an activating group) is 1. The molecule has 1 amide bonds. The Bertz CT molecular complexity index is 1770. The first kappa shape index (κ1) is 43.3. The summed E-state index contributed by atoms with van der Waals surface area (Å²) in [5.41, 5.74) is -1.31. The van der Waals surface area contributed by atoms with Crippen molar-refractivity contribution in [1.82, 2.24) is 15.2 Å². The number of alkyl carbamates (subject to hydrolysis) is 1. The highest BCUT2D eigenvalue weighted by Crippen LogP contribution is 2.40. The van der Waals surface area contributed by atoms with Crippen molar-refractivity contribution in [2.24, 2.45) is 23.7 Å². The molecule has 13 atom stereocenters. The lowest BCUT2D eigenvalue weighted by Gasteiger charge is -2.47. The Balaban J connectivity index is 1.56. The largest absolute Gasteiger partial charge is 0.457 e. The fraction of sp³-hybridized carbons (Fsp3) is 0.643. The third-order valence-corrected chi connectivity index (χ3v) is 11.9. The van der Waals surface area contributed by atoms with Gasteiger partial charge in [-0.2, -0.15) is 0 Å². The zero-order chi connectivity index (χ0) is 41.1. The second-order valence-electron chi connectivity index (χ2n) is 16.4. The molecule has 1 aromatic carbocycles. The zero-order valence-corrected chi connectivity index (χ0v) is 33.9. The number of alkyl halides is 1. The summed E-state index contributed by atoms with van der Waals surface area (Å²) in [5, 5.41) is 15.3. The fourth-order valence-electron chi connectivity index (χ4n) is 8.69. The van der Waals surface area contributed by atoms with Crippen molar-refractivity contribution in [2.75, 3.05) is 27.4 Å². The van der Waals surface area contributed by atoms with Crippen LogP contribution in [0, 0.1) is 23.7 Å². The number of nitrogens with one attached hydrogen (secondary N) is 1. The molecule has 308 valence electrons. The highest BCUT2D eigenvalue weighted by atomic mass is 19.1. The van der Waals surface area contributed by atoms with Gasteiger partial charge in [0.05, 0.1) is 42.6 Å². The number of hydrogen-bond acceptors (Lipinski definition) is 12. The lowest BCUT2D eigenvalue weighted by atomic mass is 9.73. The first-order chi connectivity index (χ1) is 26.4. The Hall–Kier alpha value is -3.82. The van der Waals surface area contributed by atoms with Crippen molar-refractivity contribution in [3.63, 3.8) is 0 Å². The van der Waals surface area contributed by atoms with Crippen LogP contribution >= 0.6 is 0 Å². The number of fused-ring (bicyclic) bond motifs is 2. The number of rotatable bonds is 9. The Morgan fingerprint density at radius 3 is 2.48 bits per heavy atom. The topological polar surface area (TPSA) is 163 Å². The van der Waals surface area contributed by atoms with E-state index in [0.717, 1.165) is 16.5 Å². The van der Waals surface area contributed by atoms with Gasteiger partial charge in [-0.3, -0.25) is 23.8 Å². The number of nitrogens with zero attached hydrogens (tertiary/aromatic N) is 2. The minimum Gasteiger partial charge on any atom is -0.457 e. The number of esters is 1. The average molecular weight is 784 g/mol. The van der Waals surface area contributed by atoms with Gasteiger partial charge < -0.3 is 39.0 Å². The van der Waals surface area contributed by atoms with Crippen LogP contribution in [0.3, 0.4) is 0 Å². The van der Waals surface area contributed by atoms with Crippen LogP contribution in [0.4, 0.5) is 9.18 Å². The van der Waals surface area contributed by atoms with Gasteiger partial charge in [-0.15, -0.1) is 0 Å². The number of aliphatic hydroxyl groups is 1. The average Bonchev–Trinajstić information content (AvgIpc) is 3.48. The van der Waals surface area contributed by atoms with E-state index in [1.807, 2.05) is 68.4 Å². The third-order valence-electron chi connectivity index (χ3n) is 11.9. The molecule has 4 unspecified atom stereocenters. The second-order valence-corrected chi connectivity index (χ2v) is 16.4. The van der Waals surface area contributed by atoms with Crippen LogP contribution in [0.15, 0.2) is 42.6 Å². The van der Waals surface area contributed by atoms with Crippen LogP contribution in [0.2, 0.25) is 0 Å². The molecule has 14 heteroatoms. The summed E-state index contributed by atoms with van der Waals surface area (Å²) >= 11 is 0. The maximum absolute atomic E-state index is 14.4. The van der Waals surface area contributed by atoms with Gasteiger partial charge in [0.1, 0.15) is 23.9 Å². The van der Waals surface area contributed by atoms with Gasteiger partial charge in [-0.05, 0) is 72.3 Å². The van der Waals surface area contributed by atoms with E-state index < -0.39 is 90.0 Å². The maximum Gasteiger partial charge on any atom is 0.408 e. The second kappa shape index (κ2) is 17.8. The Labute approximate surface area is 328 Å². The van der Waals surface area contributed by atoms with E-state index in [9.17, 15) is 28.7 Å². The van der Waals surface area contributed by atoms with Gasteiger partial charge in [0, 0.05) is 41.8 Å². The SMILES string of the molecule is CC1CC(N(C)C)C(O)C(O[C@@H]2[C@@H](C)C(=O)[C@@H](C)C(=O)O[C@H](CCF)[C@@]3(C)OC(=O)N[C@@H]3[C@@H](C)C(=O)[C@H](C)C[C@@]2(C)OC/C=C/c2ccc3cccnc3c2)O1. The number of amides is 1. The molecule has 13 nitrogen and oxygen atoms in total. The van der Waals surface area contributed by atoms with Gasteiger partial charge in [0.2, 0.25) is 0 Å². The molecular weight excluding hydrogens is 725 g/mol. The summed E-state index contributed by atoms with van der Waals surface area (Å²) in [4.78, 5) is 61.7. The number of ether oxygens (including phenoxy) is 5. The molecule has 3 fully saturated rings. The normalized spacial score (nSPS) is 37.6. The molecule has 2 aromatic rings. The molecule has 5 rings (SSSR count). The van der Waals surface area contributed by atoms with Gasteiger partial charge >= 0.3 is 12.1 Å². The van der Waals surface area contributed by atoms with Crippen molar-refractivity contribution in [3.05, 3.63) is 48.2 Å². The van der Waals surface area contributed by atoms with E-state index in [4.69, 9.17) is 23.7 Å². The van der Waals surface area contributed by atoms with Crippen LogP contribution in [0.1, 0.15) is 73.3 Å². The van der Waals surface area contributed by atoms with Gasteiger partial charge in [0.15, 0.2) is 17.7 Å². The molecule has 56 heavy (non-hydrogen) atoms. The number of carbonyl (C=O) groups is 4. The quantitative estimate of drug-likeness (QED) is 0.257.